The van der Waals surface area contributed by atoms with Crippen molar-refractivity contribution in [1.82, 2.24) is 10.3 Å². The summed E-state index contributed by atoms with van der Waals surface area (Å²) in [5, 5.41) is 5.33. The van der Waals surface area contributed by atoms with Gasteiger partial charge in [-0.15, -0.1) is 0 Å². The summed E-state index contributed by atoms with van der Waals surface area (Å²) in [5.41, 5.74) is 5.67. The van der Waals surface area contributed by atoms with Crippen molar-refractivity contribution in [2.75, 3.05) is 36.2 Å². The summed E-state index contributed by atoms with van der Waals surface area (Å²) < 4.78 is 53.8. The highest BCUT2D eigenvalue weighted by Gasteiger charge is 2.22. The van der Waals surface area contributed by atoms with Crippen molar-refractivity contribution < 1.29 is 17.2 Å². The first-order chi connectivity index (χ1) is 12.8. The molecule has 2 aromatic rings. The molecule has 0 unspecified atom stereocenters. The number of anilines is 2. The smallest absolute Gasteiger partial charge is 0.266 e. The molecule has 0 saturated carbocycles. The monoisotopic (exact) mass is 439 g/mol. The highest BCUT2D eigenvalue weighted by atomic mass is 35.5. The maximum atomic E-state index is 14.3. The van der Waals surface area contributed by atoms with Gasteiger partial charge in [0.25, 0.3) is 10.0 Å². The first-order valence-corrected chi connectivity index (χ1v) is 10.8. The summed E-state index contributed by atoms with van der Waals surface area (Å²) >= 11 is 6.57. The van der Waals surface area contributed by atoms with Crippen molar-refractivity contribution in [3.05, 3.63) is 34.3 Å². The van der Waals surface area contributed by atoms with Gasteiger partial charge in [0.2, 0.25) is 0 Å². The number of hydrogen-bond acceptors (Lipinski definition) is 7. The molecule has 2 rings (SSSR count). The Hall–Kier alpha value is -1.53. The molecule has 0 spiro atoms. The van der Waals surface area contributed by atoms with Crippen LogP contribution in [0.5, 0.6) is 0 Å². The average Bonchev–Trinajstić information content (AvgIpc) is 3.00. The lowest BCUT2D eigenvalue weighted by Crippen LogP contribution is -2.23. The molecule has 7 nitrogen and oxygen atoms in total. The molecule has 0 atom stereocenters. The molecule has 150 valence electrons. The summed E-state index contributed by atoms with van der Waals surface area (Å²) in [6, 6.07) is 2.03. The van der Waals surface area contributed by atoms with E-state index in [1.165, 1.54) is 0 Å². The predicted octanol–water partition coefficient (Wildman–Crippen LogP) is 2.62. The SMILES string of the molecule is NCCNCCCCNc1cc(F)c(S(=O)(=O)Nc2ncc(F)s2)cc1Cl. The molecule has 12 heteroatoms. The minimum Gasteiger partial charge on any atom is -0.384 e. The number of unbranched alkanes of at least 4 members (excludes halogenated alkanes) is 1. The zero-order valence-corrected chi connectivity index (χ0v) is 16.7. The van der Waals surface area contributed by atoms with Crippen molar-refractivity contribution >= 4 is 43.8 Å². The van der Waals surface area contributed by atoms with Crippen LogP contribution in [0.15, 0.2) is 23.2 Å². The summed E-state index contributed by atoms with van der Waals surface area (Å²) in [6.45, 7) is 2.70. The van der Waals surface area contributed by atoms with Gasteiger partial charge in [0, 0.05) is 19.6 Å². The van der Waals surface area contributed by atoms with Crippen molar-refractivity contribution in [2.24, 2.45) is 5.73 Å². The number of sulfonamides is 1. The van der Waals surface area contributed by atoms with Crippen LogP contribution in [0.2, 0.25) is 5.02 Å². The molecule has 1 aromatic carbocycles. The fourth-order valence-corrected chi connectivity index (χ4v) is 4.33. The third kappa shape index (κ3) is 6.54. The Morgan fingerprint density at radius 3 is 2.59 bits per heavy atom. The number of nitrogens with zero attached hydrogens (tertiary/aromatic N) is 1. The molecule has 0 aliphatic heterocycles. The standard InChI is InChI=1S/C15H20ClF2N5O2S2/c16-10-7-13(27(24,25)23-15-22-9-14(18)26-15)11(17)8-12(10)21-5-2-1-4-20-6-3-19/h7-9,20-21H,1-6,19H2,(H,22,23). The summed E-state index contributed by atoms with van der Waals surface area (Å²) in [4.78, 5) is 2.91. The van der Waals surface area contributed by atoms with Crippen LogP contribution < -0.4 is 21.1 Å². The lowest BCUT2D eigenvalue weighted by atomic mass is 10.2. The first kappa shape index (κ1) is 21.8. The summed E-state index contributed by atoms with van der Waals surface area (Å²) in [7, 11) is -4.28. The second-order valence-corrected chi connectivity index (χ2v) is 8.55. The average molecular weight is 440 g/mol. The molecule has 0 radical (unpaired) electrons. The normalized spacial score (nSPS) is 11.6. The number of halogens is 3. The summed E-state index contributed by atoms with van der Waals surface area (Å²) in [5.74, 6) is -0.976. The van der Waals surface area contributed by atoms with Crippen molar-refractivity contribution in [1.29, 1.82) is 0 Å². The quantitative estimate of drug-likeness (QED) is 0.401. The molecular weight excluding hydrogens is 420 g/mol. The highest BCUT2D eigenvalue weighted by Crippen LogP contribution is 2.29. The van der Waals surface area contributed by atoms with Gasteiger partial charge in [-0.05, 0) is 31.5 Å². The van der Waals surface area contributed by atoms with Crippen LogP contribution in [-0.4, -0.2) is 39.6 Å². The number of aromatic nitrogens is 1. The Balaban J connectivity index is 1.99. The van der Waals surface area contributed by atoms with Gasteiger partial charge in [0.1, 0.15) is 10.7 Å². The Labute approximate surface area is 165 Å². The second-order valence-electron chi connectivity index (χ2n) is 5.51. The summed E-state index contributed by atoms with van der Waals surface area (Å²) in [6.07, 6.45) is 2.57. The highest BCUT2D eigenvalue weighted by molar-refractivity contribution is 7.93. The van der Waals surface area contributed by atoms with E-state index in [1.54, 1.807) is 0 Å². The number of nitrogens with two attached hydrogens (primary N) is 1. The minimum absolute atomic E-state index is 0.0587. The molecule has 0 aliphatic rings. The molecule has 1 heterocycles. The second kappa shape index (κ2) is 10.1. The molecule has 5 N–H and O–H groups in total. The number of hydrogen-bond donors (Lipinski definition) is 4. The van der Waals surface area contributed by atoms with E-state index in [-0.39, 0.29) is 10.2 Å². The van der Waals surface area contributed by atoms with Crippen molar-refractivity contribution in [3.63, 3.8) is 0 Å². The lowest BCUT2D eigenvalue weighted by molar-refractivity contribution is 0.570. The fourth-order valence-electron chi connectivity index (χ4n) is 2.17. The third-order valence-electron chi connectivity index (χ3n) is 3.43. The molecule has 27 heavy (non-hydrogen) atoms. The molecule has 0 aliphatic carbocycles. The number of benzene rings is 1. The topological polar surface area (TPSA) is 109 Å². The van der Waals surface area contributed by atoms with Gasteiger partial charge in [-0.1, -0.05) is 22.9 Å². The molecule has 0 fully saturated rings. The van der Waals surface area contributed by atoms with Crippen LogP contribution >= 0.6 is 22.9 Å². The van der Waals surface area contributed by atoms with Gasteiger partial charge >= 0.3 is 0 Å². The van der Waals surface area contributed by atoms with Crippen LogP contribution in [0.25, 0.3) is 0 Å². The minimum atomic E-state index is -4.28. The van der Waals surface area contributed by atoms with Crippen LogP contribution in [0.1, 0.15) is 12.8 Å². The molecule has 1 aromatic heterocycles. The van der Waals surface area contributed by atoms with E-state index in [1.807, 2.05) is 4.72 Å². The van der Waals surface area contributed by atoms with E-state index in [4.69, 9.17) is 17.3 Å². The number of nitrogens with one attached hydrogen (secondary N) is 3. The van der Waals surface area contributed by atoms with Crippen LogP contribution in [0, 0.1) is 10.9 Å². The van der Waals surface area contributed by atoms with Gasteiger partial charge < -0.3 is 16.4 Å². The molecule has 0 bridgehead atoms. The maximum absolute atomic E-state index is 14.3. The van der Waals surface area contributed by atoms with Crippen LogP contribution in [0.4, 0.5) is 19.6 Å². The number of rotatable bonds is 11. The van der Waals surface area contributed by atoms with Crippen molar-refractivity contribution in [3.8, 4) is 0 Å². The third-order valence-corrected chi connectivity index (χ3v) is 5.92. The van der Waals surface area contributed by atoms with E-state index < -0.39 is 25.9 Å². The molecule has 0 amide bonds. The fraction of sp³-hybridized carbons (Fsp3) is 0.400. The maximum Gasteiger partial charge on any atom is 0.266 e. The number of thiazole rings is 1. The lowest BCUT2D eigenvalue weighted by Gasteiger charge is -2.12. The van der Waals surface area contributed by atoms with Crippen LogP contribution in [-0.2, 0) is 10.0 Å². The van der Waals surface area contributed by atoms with Gasteiger partial charge in [-0.25, -0.2) is 17.8 Å². The Morgan fingerprint density at radius 2 is 1.93 bits per heavy atom. The van der Waals surface area contributed by atoms with Gasteiger partial charge in [-0.2, -0.15) is 4.39 Å². The van der Waals surface area contributed by atoms with Gasteiger partial charge in [0.05, 0.1) is 16.9 Å². The Bertz CT molecular complexity index is 864. The predicted molar refractivity (Wildman–Crippen MR) is 104 cm³/mol. The van der Waals surface area contributed by atoms with Gasteiger partial charge in [0.15, 0.2) is 10.3 Å². The van der Waals surface area contributed by atoms with E-state index in [0.717, 1.165) is 44.3 Å². The zero-order chi connectivity index (χ0) is 19.9. The zero-order valence-electron chi connectivity index (χ0n) is 14.3. The Morgan fingerprint density at radius 1 is 1.19 bits per heavy atom. The molecule has 0 saturated heterocycles. The Kier molecular flexibility index (Phi) is 8.17. The van der Waals surface area contributed by atoms with Gasteiger partial charge in [-0.3, -0.25) is 4.72 Å². The van der Waals surface area contributed by atoms with E-state index in [0.29, 0.717) is 30.1 Å². The van der Waals surface area contributed by atoms with E-state index >= 15 is 0 Å². The van der Waals surface area contributed by atoms with E-state index in [9.17, 15) is 17.2 Å². The van der Waals surface area contributed by atoms with Crippen molar-refractivity contribution in [2.45, 2.75) is 17.7 Å². The molecular formula is C15H20ClF2N5O2S2. The first-order valence-electron chi connectivity index (χ1n) is 8.11. The van der Waals surface area contributed by atoms with Crippen LogP contribution in [0.3, 0.4) is 0 Å². The van der Waals surface area contributed by atoms with E-state index in [2.05, 4.69) is 15.6 Å². The largest absolute Gasteiger partial charge is 0.384 e.